The largest absolute Gasteiger partial charge is 0.488 e. The monoisotopic (exact) mass is 649 g/mol. The number of benzene rings is 3. The number of sulfonamides is 1. The fourth-order valence-electron chi connectivity index (χ4n) is 5.69. The molecule has 4 aromatic rings. The van der Waals surface area contributed by atoms with E-state index in [2.05, 4.69) is 15.8 Å². The molecule has 3 amide bonds. The minimum absolute atomic E-state index is 0.00863. The first-order valence-corrected chi connectivity index (χ1v) is 16.5. The third kappa shape index (κ3) is 6.86. The Hall–Kier alpha value is -4.46. The average Bonchev–Trinajstić information content (AvgIpc) is 3.39. The smallest absolute Gasteiger partial charge is 0.323 e. The van der Waals surface area contributed by atoms with Crippen LogP contribution in [0.5, 0.6) is 5.75 Å². The molecule has 0 aliphatic carbocycles. The average molecular weight is 650 g/mol. The van der Waals surface area contributed by atoms with Gasteiger partial charge >= 0.3 is 6.03 Å². The number of hydrogen-bond donors (Lipinski definition) is 3. The summed E-state index contributed by atoms with van der Waals surface area (Å²) in [6, 6.07) is 17.4. The number of rotatable bonds is 8. The summed E-state index contributed by atoms with van der Waals surface area (Å²) in [6.45, 7) is 6.71. The molecule has 244 valence electrons. The Labute approximate surface area is 268 Å². The first-order valence-electron chi connectivity index (χ1n) is 15.0. The molecule has 0 saturated heterocycles. The van der Waals surface area contributed by atoms with Crippen molar-refractivity contribution < 1.29 is 32.4 Å². The SMILES string of the molecule is Cc1noc(C)c1S(=O)(=O)N(C)C[C@H]1Oc2ccc(NC(=O)Nc3cccc4ccccc34)cc2CC(=O)N([C@@H](C)CO)C[C@@H]1C. The highest BCUT2D eigenvalue weighted by atomic mass is 32.2. The molecular weight excluding hydrogens is 610 g/mol. The molecule has 13 heteroatoms. The van der Waals surface area contributed by atoms with Gasteiger partial charge in [0.15, 0.2) is 5.76 Å². The van der Waals surface area contributed by atoms with Crippen molar-refractivity contribution in [3.8, 4) is 5.75 Å². The lowest BCUT2D eigenvalue weighted by Crippen LogP contribution is -2.48. The van der Waals surface area contributed by atoms with Crippen LogP contribution in [-0.2, 0) is 21.2 Å². The lowest BCUT2D eigenvalue weighted by atomic mass is 10.0. The van der Waals surface area contributed by atoms with Gasteiger partial charge in [-0.2, -0.15) is 4.31 Å². The van der Waals surface area contributed by atoms with E-state index in [4.69, 9.17) is 9.26 Å². The molecule has 0 radical (unpaired) electrons. The number of aliphatic hydroxyl groups excluding tert-OH is 1. The summed E-state index contributed by atoms with van der Waals surface area (Å²) in [7, 11) is -2.51. The van der Waals surface area contributed by atoms with Crippen molar-refractivity contribution in [2.24, 2.45) is 5.92 Å². The van der Waals surface area contributed by atoms with Crippen molar-refractivity contribution in [2.75, 3.05) is 37.4 Å². The number of carbonyl (C=O) groups is 2. The fraction of sp³-hybridized carbons (Fsp3) is 0.364. The second-order valence-corrected chi connectivity index (χ2v) is 13.7. The molecule has 12 nitrogen and oxygen atoms in total. The van der Waals surface area contributed by atoms with E-state index < -0.39 is 28.2 Å². The number of anilines is 2. The number of urea groups is 1. The molecular formula is C33H39N5O7S. The molecule has 0 spiro atoms. The van der Waals surface area contributed by atoms with E-state index in [9.17, 15) is 23.1 Å². The normalized spacial score (nSPS) is 17.9. The van der Waals surface area contributed by atoms with Crippen LogP contribution in [0, 0.1) is 19.8 Å². The predicted molar refractivity (Wildman–Crippen MR) is 174 cm³/mol. The van der Waals surface area contributed by atoms with Crippen LogP contribution in [0.2, 0.25) is 0 Å². The van der Waals surface area contributed by atoms with Gasteiger partial charge in [-0.05, 0) is 50.4 Å². The van der Waals surface area contributed by atoms with Gasteiger partial charge in [0, 0.05) is 36.1 Å². The summed E-state index contributed by atoms with van der Waals surface area (Å²) in [5.74, 6) is 0.0338. The quantitative estimate of drug-likeness (QED) is 0.251. The lowest BCUT2D eigenvalue weighted by molar-refractivity contribution is -0.134. The number of aliphatic hydroxyl groups is 1. The van der Waals surface area contributed by atoms with Crippen LogP contribution in [0.4, 0.5) is 16.2 Å². The van der Waals surface area contributed by atoms with Crippen LogP contribution in [0.3, 0.4) is 0 Å². The Bertz CT molecular complexity index is 1830. The summed E-state index contributed by atoms with van der Waals surface area (Å²) in [4.78, 5) is 28.2. The molecule has 0 unspecified atom stereocenters. The van der Waals surface area contributed by atoms with Crippen LogP contribution < -0.4 is 15.4 Å². The molecule has 46 heavy (non-hydrogen) atoms. The molecule has 5 rings (SSSR count). The van der Waals surface area contributed by atoms with Crippen molar-refractivity contribution in [1.29, 1.82) is 0 Å². The molecule has 0 bridgehead atoms. The van der Waals surface area contributed by atoms with Gasteiger partial charge in [-0.15, -0.1) is 0 Å². The maximum Gasteiger partial charge on any atom is 0.323 e. The standard InChI is InChI=1S/C33H39N5O7S/c1-20-17-38(21(2)19-39)31(40)16-25-15-26(34-33(41)35-28-12-8-10-24-9-6-7-11-27(24)28)13-14-29(25)44-30(20)18-37(5)46(42,43)32-22(3)36-45-23(32)4/h6-15,20-21,30,39H,16-19H2,1-5H3,(H2,34,35,41)/t20-,21-,30+/m0/s1. The number of nitrogens with zero attached hydrogens (tertiary/aromatic N) is 3. The van der Waals surface area contributed by atoms with Gasteiger partial charge in [0.25, 0.3) is 0 Å². The van der Waals surface area contributed by atoms with Gasteiger partial charge in [-0.3, -0.25) is 4.79 Å². The van der Waals surface area contributed by atoms with E-state index in [0.717, 1.165) is 10.8 Å². The Morgan fingerprint density at radius 2 is 1.87 bits per heavy atom. The van der Waals surface area contributed by atoms with Crippen LogP contribution in [0.15, 0.2) is 70.1 Å². The van der Waals surface area contributed by atoms with E-state index in [1.165, 1.54) is 11.4 Å². The minimum Gasteiger partial charge on any atom is -0.488 e. The number of ether oxygens (including phenoxy) is 1. The zero-order valence-electron chi connectivity index (χ0n) is 26.5. The van der Waals surface area contributed by atoms with Crippen molar-refractivity contribution in [2.45, 2.75) is 51.2 Å². The predicted octanol–water partition coefficient (Wildman–Crippen LogP) is 4.56. The van der Waals surface area contributed by atoms with Gasteiger partial charge in [0.05, 0.1) is 31.3 Å². The molecule has 1 aromatic heterocycles. The summed E-state index contributed by atoms with van der Waals surface area (Å²) >= 11 is 0. The number of aryl methyl sites for hydroxylation is 2. The Kier molecular flexibility index (Phi) is 9.66. The van der Waals surface area contributed by atoms with Crippen molar-refractivity contribution >= 4 is 44.1 Å². The van der Waals surface area contributed by atoms with E-state index in [1.54, 1.807) is 43.9 Å². The van der Waals surface area contributed by atoms with Crippen LogP contribution in [0.25, 0.3) is 10.8 Å². The first kappa shape index (κ1) is 32.9. The number of nitrogens with one attached hydrogen (secondary N) is 2. The first-order chi connectivity index (χ1) is 21.9. The molecule has 3 N–H and O–H groups in total. The lowest BCUT2D eigenvalue weighted by Gasteiger charge is -2.33. The molecule has 3 aromatic carbocycles. The van der Waals surface area contributed by atoms with Crippen LogP contribution in [-0.4, -0.2) is 78.7 Å². The summed E-state index contributed by atoms with van der Waals surface area (Å²) in [6.07, 6.45) is -0.723. The Balaban J connectivity index is 1.42. The number of likely N-dealkylation sites (N-methyl/N-ethyl adjacent to an activating group) is 1. The zero-order chi connectivity index (χ0) is 33.2. The second kappa shape index (κ2) is 13.5. The maximum atomic E-state index is 13.6. The highest BCUT2D eigenvalue weighted by Crippen LogP contribution is 2.31. The third-order valence-electron chi connectivity index (χ3n) is 8.29. The topological polar surface area (TPSA) is 154 Å². The molecule has 0 saturated carbocycles. The molecule has 1 aliphatic heterocycles. The molecule has 1 aliphatic rings. The summed E-state index contributed by atoms with van der Waals surface area (Å²) in [5.41, 5.74) is 1.86. The van der Waals surface area contributed by atoms with Gasteiger partial charge in [0.2, 0.25) is 15.9 Å². The van der Waals surface area contributed by atoms with Gasteiger partial charge in [0.1, 0.15) is 22.4 Å². The maximum absolute atomic E-state index is 13.6. The number of fused-ring (bicyclic) bond motifs is 2. The second-order valence-electron chi connectivity index (χ2n) is 11.8. The van der Waals surface area contributed by atoms with E-state index >= 15 is 0 Å². The minimum atomic E-state index is -3.97. The number of hydrogen-bond acceptors (Lipinski definition) is 8. The summed E-state index contributed by atoms with van der Waals surface area (Å²) in [5, 5.41) is 21.4. The highest BCUT2D eigenvalue weighted by molar-refractivity contribution is 7.89. The van der Waals surface area contributed by atoms with E-state index in [-0.39, 0.29) is 54.3 Å². The molecule has 3 atom stereocenters. The van der Waals surface area contributed by atoms with Gasteiger partial charge in [-0.1, -0.05) is 48.5 Å². The van der Waals surface area contributed by atoms with E-state index in [1.807, 2.05) is 49.4 Å². The van der Waals surface area contributed by atoms with Crippen LogP contribution in [0.1, 0.15) is 30.9 Å². The third-order valence-corrected chi connectivity index (χ3v) is 10.4. The van der Waals surface area contributed by atoms with Crippen LogP contribution >= 0.6 is 0 Å². The number of carbonyl (C=O) groups excluding carboxylic acids is 2. The summed E-state index contributed by atoms with van der Waals surface area (Å²) < 4.78 is 39.8. The zero-order valence-corrected chi connectivity index (χ0v) is 27.3. The Morgan fingerprint density at radius 3 is 2.59 bits per heavy atom. The van der Waals surface area contributed by atoms with Crippen molar-refractivity contribution in [3.63, 3.8) is 0 Å². The highest BCUT2D eigenvalue weighted by Gasteiger charge is 2.35. The fourth-order valence-corrected chi connectivity index (χ4v) is 7.16. The number of amides is 3. The van der Waals surface area contributed by atoms with Gasteiger partial charge < -0.3 is 29.9 Å². The Morgan fingerprint density at radius 1 is 1.13 bits per heavy atom. The van der Waals surface area contributed by atoms with Crippen molar-refractivity contribution in [3.05, 3.63) is 77.7 Å². The molecule has 0 fully saturated rings. The molecule has 2 heterocycles. The van der Waals surface area contributed by atoms with E-state index in [0.29, 0.717) is 22.7 Å². The van der Waals surface area contributed by atoms with Crippen molar-refractivity contribution in [1.82, 2.24) is 14.4 Å². The van der Waals surface area contributed by atoms with Gasteiger partial charge in [-0.25, -0.2) is 13.2 Å². The number of aromatic nitrogens is 1.